The molecule has 26 heavy (non-hydrogen) atoms. The minimum Gasteiger partial charge on any atom is -0.380 e. The van der Waals surface area contributed by atoms with Crippen molar-refractivity contribution >= 4 is 22.3 Å². The maximum atomic E-state index is 12.8. The third-order valence-electron chi connectivity index (χ3n) is 5.52. The molecule has 0 aromatic carbocycles. The number of urea groups is 1. The van der Waals surface area contributed by atoms with E-state index >= 15 is 0 Å². The normalized spacial score (nSPS) is 33.6. The molecule has 3 unspecified atom stereocenters. The van der Waals surface area contributed by atoms with Gasteiger partial charge < -0.3 is 15.4 Å². The molecule has 4 rings (SSSR count). The third kappa shape index (κ3) is 2.93. The minimum atomic E-state index is -4.86. The number of nitrogens with two attached hydrogens (primary N) is 1. The number of amides is 3. The predicted molar refractivity (Wildman–Crippen MR) is 84.3 cm³/mol. The monoisotopic (exact) mass is 391 g/mol. The first kappa shape index (κ1) is 17.9. The third-order valence-corrected chi connectivity index (χ3v) is 5.87. The zero-order chi connectivity index (χ0) is 18.7. The molecule has 0 radical (unpaired) electrons. The first-order chi connectivity index (χ1) is 12.2. The van der Waals surface area contributed by atoms with Crippen LogP contribution < -0.4 is 11.2 Å². The molecule has 2 bridgehead atoms. The number of nitrogens with zero attached hydrogens (tertiary/aromatic N) is 3. The highest BCUT2D eigenvalue weighted by Gasteiger charge is 2.63. The highest BCUT2D eigenvalue weighted by molar-refractivity contribution is 7.80. The second kappa shape index (κ2) is 6.00. The van der Waals surface area contributed by atoms with Crippen molar-refractivity contribution in [2.24, 2.45) is 11.1 Å². The number of ether oxygens (including phenoxy) is 1. The molecule has 4 heterocycles. The molecule has 0 aliphatic carbocycles. The molecule has 0 aromatic rings. The van der Waals surface area contributed by atoms with E-state index in [1.165, 1.54) is 4.90 Å². The molecule has 3 atom stereocenters. The SMILES string of the molecule is NC1CCN(NC(=O)C2CC3(COC3)C3CN2C(=O)N3OS(=O)(=O)O)C1. The number of carbonyl (C=O) groups is 2. The van der Waals surface area contributed by atoms with Gasteiger partial charge in [0.05, 0.1) is 19.3 Å². The number of hydrogen-bond acceptors (Lipinski definition) is 8. The number of hydrogen-bond donors (Lipinski definition) is 3. The van der Waals surface area contributed by atoms with Crippen LogP contribution in [-0.2, 0) is 24.2 Å². The fraction of sp³-hybridized carbons (Fsp3) is 0.846. The van der Waals surface area contributed by atoms with Gasteiger partial charge in [-0.05, 0) is 12.8 Å². The summed E-state index contributed by atoms with van der Waals surface area (Å²) < 4.78 is 40.9. The number of hydrazine groups is 1. The fourth-order valence-corrected chi connectivity index (χ4v) is 4.52. The quantitative estimate of drug-likeness (QED) is 0.448. The largest absolute Gasteiger partial charge is 0.418 e. The van der Waals surface area contributed by atoms with Crippen LogP contribution in [0.15, 0.2) is 0 Å². The molecule has 0 saturated carbocycles. The second-order valence-corrected chi connectivity index (χ2v) is 8.33. The van der Waals surface area contributed by atoms with Gasteiger partial charge in [0.15, 0.2) is 0 Å². The van der Waals surface area contributed by atoms with Crippen molar-refractivity contribution in [2.75, 3.05) is 32.8 Å². The van der Waals surface area contributed by atoms with Crippen LogP contribution in [0.5, 0.6) is 0 Å². The van der Waals surface area contributed by atoms with Crippen molar-refractivity contribution in [1.29, 1.82) is 0 Å². The lowest BCUT2D eigenvalue weighted by Gasteiger charge is -2.50. The molecule has 3 amide bonds. The lowest BCUT2D eigenvalue weighted by atomic mass is 9.71. The van der Waals surface area contributed by atoms with E-state index in [1.54, 1.807) is 5.01 Å². The summed E-state index contributed by atoms with van der Waals surface area (Å²) in [5.41, 5.74) is 8.03. The Hall–Kier alpha value is -1.51. The van der Waals surface area contributed by atoms with Gasteiger partial charge in [0, 0.05) is 31.1 Å². The number of fused-ring (bicyclic) bond motifs is 3. The first-order valence-electron chi connectivity index (χ1n) is 8.34. The van der Waals surface area contributed by atoms with Crippen molar-refractivity contribution in [1.82, 2.24) is 20.4 Å². The summed E-state index contributed by atoms with van der Waals surface area (Å²) in [4.78, 5) is 26.6. The van der Waals surface area contributed by atoms with Crippen LogP contribution >= 0.6 is 0 Å². The first-order valence-corrected chi connectivity index (χ1v) is 9.71. The van der Waals surface area contributed by atoms with Crippen LogP contribution in [0, 0.1) is 5.41 Å². The Labute approximate surface area is 150 Å². The number of hydroxylamine groups is 2. The molecule has 4 N–H and O–H groups in total. The molecule has 12 nitrogen and oxygen atoms in total. The van der Waals surface area contributed by atoms with Gasteiger partial charge in [-0.3, -0.25) is 14.8 Å². The summed E-state index contributed by atoms with van der Waals surface area (Å²) >= 11 is 0. The van der Waals surface area contributed by atoms with E-state index in [4.69, 9.17) is 15.0 Å². The van der Waals surface area contributed by atoms with Crippen molar-refractivity contribution in [3.63, 3.8) is 0 Å². The summed E-state index contributed by atoms with van der Waals surface area (Å²) in [6, 6.07) is -2.18. The number of carbonyl (C=O) groups excluding carboxylic acids is 2. The Bertz CT molecular complexity index is 726. The molecule has 13 heteroatoms. The van der Waals surface area contributed by atoms with Crippen LogP contribution in [0.3, 0.4) is 0 Å². The summed E-state index contributed by atoms with van der Waals surface area (Å²) in [5.74, 6) is -0.356. The van der Waals surface area contributed by atoms with Gasteiger partial charge >= 0.3 is 16.4 Å². The van der Waals surface area contributed by atoms with Gasteiger partial charge in [-0.15, -0.1) is 4.28 Å². The molecule has 4 aliphatic heterocycles. The smallest absolute Gasteiger partial charge is 0.380 e. The average molecular weight is 391 g/mol. The van der Waals surface area contributed by atoms with E-state index in [9.17, 15) is 18.0 Å². The van der Waals surface area contributed by atoms with Crippen molar-refractivity contribution < 1.29 is 31.6 Å². The van der Waals surface area contributed by atoms with Gasteiger partial charge in [0.2, 0.25) is 0 Å². The maximum Gasteiger partial charge on any atom is 0.418 e. The average Bonchev–Trinajstić information content (AvgIpc) is 3.03. The van der Waals surface area contributed by atoms with Crippen molar-refractivity contribution in [3.8, 4) is 0 Å². The zero-order valence-corrected chi connectivity index (χ0v) is 14.7. The van der Waals surface area contributed by atoms with Crippen LogP contribution in [0.25, 0.3) is 0 Å². The molecule has 4 aliphatic rings. The Morgan fingerprint density at radius 1 is 1.38 bits per heavy atom. The minimum absolute atomic E-state index is 0.00974. The van der Waals surface area contributed by atoms with Crippen LogP contribution in [-0.4, -0.2) is 90.9 Å². The standard InChI is InChI=1S/C13H21N5O7S/c14-8-1-2-16(4-8)15-11(19)9-3-13(6-24-7-13)10-5-17(9)12(20)18(10)25-26(21,22)23/h8-10H,1-7,14H2,(H,15,19)(H,21,22,23). The molecule has 4 saturated heterocycles. The number of rotatable bonds is 4. The number of piperidine rings is 1. The zero-order valence-electron chi connectivity index (χ0n) is 13.9. The molecule has 146 valence electrons. The highest BCUT2D eigenvalue weighted by atomic mass is 32.3. The summed E-state index contributed by atoms with van der Waals surface area (Å²) in [5, 5.41) is 2.37. The van der Waals surface area contributed by atoms with Crippen LogP contribution in [0.1, 0.15) is 12.8 Å². The van der Waals surface area contributed by atoms with E-state index < -0.39 is 33.9 Å². The lowest BCUT2D eigenvalue weighted by Crippen LogP contribution is -2.64. The maximum absolute atomic E-state index is 12.8. The van der Waals surface area contributed by atoms with Gasteiger partial charge in [-0.1, -0.05) is 0 Å². The van der Waals surface area contributed by atoms with Gasteiger partial charge in [-0.2, -0.15) is 13.5 Å². The van der Waals surface area contributed by atoms with Crippen molar-refractivity contribution in [3.05, 3.63) is 0 Å². The van der Waals surface area contributed by atoms with Crippen molar-refractivity contribution in [2.45, 2.75) is 31.0 Å². The highest BCUT2D eigenvalue weighted by Crippen LogP contribution is 2.47. The lowest BCUT2D eigenvalue weighted by molar-refractivity contribution is -0.193. The van der Waals surface area contributed by atoms with E-state index in [-0.39, 0.29) is 31.7 Å². The summed E-state index contributed by atoms with van der Waals surface area (Å²) in [6.07, 6.45) is 1.09. The van der Waals surface area contributed by atoms with Crippen LogP contribution in [0.4, 0.5) is 4.79 Å². The number of nitrogens with one attached hydrogen (secondary N) is 1. The predicted octanol–water partition coefficient (Wildman–Crippen LogP) is -2.32. The van der Waals surface area contributed by atoms with Gasteiger partial charge in [0.1, 0.15) is 6.04 Å². The van der Waals surface area contributed by atoms with E-state index in [2.05, 4.69) is 9.71 Å². The van der Waals surface area contributed by atoms with Gasteiger partial charge in [-0.25, -0.2) is 9.80 Å². The van der Waals surface area contributed by atoms with E-state index in [0.29, 0.717) is 24.6 Å². The second-order valence-electron chi connectivity index (χ2n) is 7.32. The van der Waals surface area contributed by atoms with Gasteiger partial charge in [0.25, 0.3) is 5.91 Å². The molecular formula is C13H21N5O7S. The Morgan fingerprint density at radius 2 is 2.12 bits per heavy atom. The molecule has 4 fully saturated rings. The molecule has 1 spiro atoms. The van der Waals surface area contributed by atoms with E-state index in [0.717, 1.165) is 6.42 Å². The molecular weight excluding hydrogens is 370 g/mol. The Kier molecular flexibility index (Phi) is 4.13. The summed E-state index contributed by atoms with van der Waals surface area (Å²) in [7, 11) is -4.86. The Balaban J connectivity index is 1.54. The van der Waals surface area contributed by atoms with Crippen LogP contribution in [0.2, 0.25) is 0 Å². The molecule has 0 aromatic heterocycles. The topological polar surface area (TPSA) is 155 Å². The fourth-order valence-electron chi connectivity index (χ4n) is 4.15. The Morgan fingerprint density at radius 3 is 2.65 bits per heavy atom. The summed E-state index contributed by atoms with van der Waals surface area (Å²) in [6.45, 7) is 1.84. The van der Waals surface area contributed by atoms with E-state index in [1.807, 2.05) is 0 Å².